The van der Waals surface area contributed by atoms with Gasteiger partial charge < -0.3 is 5.73 Å². The Labute approximate surface area is 115 Å². The van der Waals surface area contributed by atoms with Crippen LogP contribution in [0.25, 0.3) is 0 Å². The highest BCUT2D eigenvalue weighted by Gasteiger charge is 2.34. The lowest BCUT2D eigenvalue weighted by molar-refractivity contribution is 0.117. The molecule has 2 fully saturated rings. The molecule has 19 heavy (non-hydrogen) atoms. The number of nitrogens with two attached hydrogens (primary N) is 1. The van der Waals surface area contributed by atoms with E-state index >= 15 is 0 Å². The molecular formula is C17H24FN. The average molecular weight is 261 g/mol. The third-order valence-corrected chi connectivity index (χ3v) is 5.32. The van der Waals surface area contributed by atoms with Crippen LogP contribution < -0.4 is 5.73 Å². The number of hydrogen-bond donors (Lipinski definition) is 1. The average Bonchev–Trinajstić information content (AvgIpc) is 2.46. The molecule has 2 heteroatoms. The first-order chi connectivity index (χ1) is 9.24. The maximum Gasteiger partial charge on any atom is 0.123 e. The lowest BCUT2D eigenvalue weighted by Gasteiger charge is -2.41. The van der Waals surface area contributed by atoms with Crippen molar-refractivity contribution in [3.8, 4) is 0 Å². The van der Waals surface area contributed by atoms with Crippen LogP contribution in [0.5, 0.6) is 0 Å². The molecule has 0 bridgehead atoms. The van der Waals surface area contributed by atoms with Crippen LogP contribution in [0.15, 0.2) is 24.3 Å². The Bertz CT molecular complexity index is 431. The van der Waals surface area contributed by atoms with Gasteiger partial charge in [0, 0.05) is 6.04 Å². The number of benzene rings is 1. The van der Waals surface area contributed by atoms with Gasteiger partial charge in [-0.15, -0.1) is 0 Å². The van der Waals surface area contributed by atoms with E-state index < -0.39 is 0 Å². The zero-order chi connectivity index (χ0) is 13.2. The molecule has 0 amide bonds. The highest BCUT2D eigenvalue weighted by Crippen LogP contribution is 2.45. The van der Waals surface area contributed by atoms with Crippen molar-refractivity contribution >= 4 is 0 Å². The summed E-state index contributed by atoms with van der Waals surface area (Å²) in [5.74, 6) is 2.21. The van der Waals surface area contributed by atoms with Crippen molar-refractivity contribution < 1.29 is 4.39 Å². The zero-order valence-electron chi connectivity index (χ0n) is 11.5. The Balaban J connectivity index is 1.69. The molecule has 2 aliphatic carbocycles. The fourth-order valence-electron chi connectivity index (χ4n) is 4.22. The van der Waals surface area contributed by atoms with Crippen LogP contribution in [-0.2, 0) is 0 Å². The first-order valence-electron chi connectivity index (χ1n) is 7.75. The number of rotatable bonds is 2. The minimum absolute atomic E-state index is 0.0126. The van der Waals surface area contributed by atoms with E-state index in [0.717, 1.165) is 17.4 Å². The Hall–Kier alpha value is -0.890. The smallest absolute Gasteiger partial charge is 0.123 e. The molecule has 0 aromatic heterocycles. The van der Waals surface area contributed by atoms with Crippen molar-refractivity contribution in [2.24, 2.45) is 23.5 Å². The van der Waals surface area contributed by atoms with Crippen molar-refractivity contribution in [1.29, 1.82) is 0 Å². The summed E-state index contributed by atoms with van der Waals surface area (Å²) >= 11 is 0. The van der Waals surface area contributed by atoms with Crippen LogP contribution in [-0.4, -0.2) is 0 Å². The van der Waals surface area contributed by atoms with E-state index in [4.69, 9.17) is 5.73 Å². The Kier molecular flexibility index (Phi) is 3.88. The van der Waals surface area contributed by atoms with Crippen molar-refractivity contribution in [1.82, 2.24) is 0 Å². The normalized spacial score (nSPS) is 32.6. The molecule has 4 unspecified atom stereocenters. The summed E-state index contributed by atoms with van der Waals surface area (Å²) in [5.41, 5.74) is 7.37. The largest absolute Gasteiger partial charge is 0.324 e. The van der Waals surface area contributed by atoms with Crippen molar-refractivity contribution in [3.63, 3.8) is 0 Å². The lowest BCUT2D eigenvalue weighted by Crippen LogP contribution is -2.33. The van der Waals surface area contributed by atoms with Gasteiger partial charge in [0.05, 0.1) is 0 Å². The number of fused-ring (bicyclic) bond motifs is 1. The van der Waals surface area contributed by atoms with Gasteiger partial charge >= 0.3 is 0 Å². The van der Waals surface area contributed by atoms with E-state index in [9.17, 15) is 4.39 Å². The molecule has 0 saturated heterocycles. The molecule has 104 valence electrons. The van der Waals surface area contributed by atoms with Gasteiger partial charge in [-0.05, 0) is 54.7 Å². The third kappa shape index (κ3) is 2.84. The molecule has 1 aromatic rings. The first-order valence-corrected chi connectivity index (χ1v) is 7.75. The van der Waals surface area contributed by atoms with Gasteiger partial charge in [-0.25, -0.2) is 4.39 Å². The quantitative estimate of drug-likeness (QED) is 0.837. The SMILES string of the molecule is NC(c1cccc(F)c1)C1CCC2CCCCC2C1. The van der Waals surface area contributed by atoms with Crippen molar-refractivity contribution in [3.05, 3.63) is 35.6 Å². The van der Waals surface area contributed by atoms with Crippen LogP contribution in [0, 0.1) is 23.6 Å². The molecule has 4 atom stereocenters. The second-order valence-corrected chi connectivity index (χ2v) is 6.46. The van der Waals surface area contributed by atoms with Gasteiger partial charge in [-0.1, -0.05) is 37.8 Å². The van der Waals surface area contributed by atoms with E-state index in [0.29, 0.717) is 5.92 Å². The van der Waals surface area contributed by atoms with E-state index in [1.54, 1.807) is 12.1 Å². The minimum atomic E-state index is -0.167. The first kappa shape index (κ1) is 13.1. The highest BCUT2D eigenvalue weighted by molar-refractivity contribution is 5.20. The molecule has 2 N–H and O–H groups in total. The summed E-state index contributed by atoms with van der Waals surface area (Å²) in [4.78, 5) is 0. The molecule has 1 aromatic carbocycles. The summed E-state index contributed by atoms with van der Waals surface area (Å²) in [5, 5.41) is 0. The van der Waals surface area contributed by atoms with Gasteiger partial charge in [-0.2, -0.15) is 0 Å². The predicted molar refractivity (Wildman–Crippen MR) is 76.1 cm³/mol. The molecule has 1 nitrogen and oxygen atoms in total. The number of hydrogen-bond acceptors (Lipinski definition) is 1. The Morgan fingerprint density at radius 1 is 1.05 bits per heavy atom. The van der Waals surface area contributed by atoms with E-state index in [-0.39, 0.29) is 11.9 Å². The van der Waals surface area contributed by atoms with Crippen LogP contribution in [0.1, 0.15) is 56.6 Å². The molecule has 0 radical (unpaired) electrons. The topological polar surface area (TPSA) is 26.0 Å². The molecule has 3 rings (SSSR count). The molecule has 2 aliphatic rings. The lowest BCUT2D eigenvalue weighted by atomic mass is 9.65. The van der Waals surface area contributed by atoms with Gasteiger partial charge in [0.1, 0.15) is 5.82 Å². The molecule has 0 spiro atoms. The van der Waals surface area contributed by atoms with E-state index in [1.807, 2.05) is 6.07 Å². The van der Waals surface area contributed by atoms with Crippen LogP contribution in [0.3, 0.4) is 0 Å². The second kappa shape index (κ2) is 5.62. The molecule has 0 aliphatic heterocycles. The predicted octanol–water partition coefficient (Wildman–Crippen LogP) is 4.43. The van der Waals surface area contributed by atoms with Crippen LogP contribution in [0.4, 0.5) is 4.39 Å². The molecular weight excluding hydrogens is 237 g/mol. The van der Waals surface area contributed by atoms with Crippen molar-refractivity contribution in [2.75, 3.05) is 0 Å². The maximum atomic E-state index is 13.3. The van der Waals surface area contributed by atoms with Crippen LogP contribution in [0.2, 0.25) is 0 Å². The third-order valence-electron chi connectivity index (χ3n) is 5.32. The maximum absolute atomic E-state index is 13.3. The van der Waals surface area contributed by atoms with E-state index in [1.165, 1.54) is 51.0 Å². The summed E-state index contributed by atoms with van der Waals surface area (Å²) < 4.78 is 13.3. The fraction of sp³-hybridized carbons (Fsp3) is 0.647. The molecule has 0 heterocycles. The second-order valence-electron chi connectivity index (χ2n) is 6.46. The Morgan fingerprint density at radius 3 is 2.63 bits per heavy atom. The Morgan fingerprint density at radius 2 is 1.84 bits per heavy atom. The monoisotopic (exact) mass is 261 g/mol. The minimum Gasteiger partial charge on any atom is -0.324 e. The van der Waals surface area contributed by atoms with Crippen LogP contribution >= 0.6 is 0 Å². The summed E-state index contributed by atoms with van der Waals surface area (Å²) in [6, 6.07) is 6.86. The highest BCUT2D eigenvalue weighted by atomic mass is 19.1. The summed E-state index contributed by atoms with van der Waals surface area (Å²) in [7, 11) is 0. The fourth-order valence-corrected chi connectivity index (χ4v) is 4.22. The molecule has 2 saturated carbocycles. The van der Waals surface area contributed by atoms with Gasteiger partial charge in [0.15, 0.2) is 0 Å². The van der Waals surface area contributed by atoms with Gasteiger partial charge in [0.25, 0.3) is 0 Å². The summed E-state index contributed by atoms with van der Waals surface area (Å²) in [6.45, 7) is 0. The standard InChI is InChI=1S/C17H24FN/c18-16-7-3-6-14(11-16)17(19)15-9-8-12-4-1-2-5-13(12)10-15/h3,6-7,11-13,15,17H,1-2,4-5,8-10,19H2. The summed E-state index contributed by atoms with van der Waals surface area (Å²) in [6.07, 6.45) is 9.42. The van der Waals surface area contributed by atoms with Crippen molar-refractivity contribution in [2.45, 2.75) is 51.0 Å². The number of halogens is 1. The van der Waals surface area contributed by atoms with Gasteiger partial charge in [-0.3, -0.25) is 0 Å². The van der Waals surface area contributed by atoms with Gasteiger partial charge in [0.2, 0.25) is 0 Å². The zero-order valence-corrected chi connectivity index (χ0v) is 11.5. The van der Waals surface area contributed by atoms with E-state index in [2.05, 4.69) is 0 Å².